The predicted molar refractivity (Wildman–Crippen MR) is 67.8 cm³/mol. The first-order chi connectivity index (χ1) is 7.39. The van der Waals surface area contributed by atoms with Crippen LogP contribution in [0.2, 0.25) is 0 Å². The van der Waals surface area contributed by atoms with Crippen LogP contribution in [0.25, 0.3) is 0 Å². The molecule has 1 aromatic rings. The largest absolute Gasteiger partial charge is 0.369 e. The van der Waals surface area contributed by atoms with Crippen LogP contribution < -0.4 is 16.9 Å². The van der Waals surface area contributed by atoms with E-state index in [-0.39, 0.29) is 11.4 Å². The van der Waals surface area contributed by atoms with Gasteiger partial charge in [0.1, 0.15) is 0 Å². The van der Waals surface area contributed by atoms with Crippen molar-refractivity contribution in [3.63, 3.8) is 0 Å². The molecule has 1 rings (SSSR count). The molecular weight excluding hydrogens is 200 g/mol. The van der Waals surface area contributed by atoms with Gasteiger partial charge in [-0.05, 0) is 16.5 Å². The zero-order chi connectivity index (χ0) is 12.2. The molecule has 0 fully saturated rings. The molecule has 0 heterocycles. The zero-order valence-corrected chi connectivity index (χ0v) is 10.1. The van der Waals surface area contributed by atoms with E-state index in [1.165, 1.54) is 5.56 Å². The summed E-state index contributed by atoms with van der Waals surface area (Å²) in [5, 5.41) is 3.71. The topological polar surface area (TPSA) is 76.4 Å². The van der Waals surface area contributed by atoms with Gasteiger partial charge in [-0.3, -0.25) is 0 Å². The summed E-state index contributed by atoms with van der Waals surface area (Å²) in [4.78, 5) is 0. The highest BCUT2D eigenvalue weighted by Gasteiger charge is 2.12. The van der Waals surface area contributed by atoms with Gasteiger partial charge in [0, 0.05) is 0 Å². The first kappa shape index (κ1) is 12.4. The molecule has 0 aromatic heterocycles. The minimum absolute atomic E-state index is 0.0475. The molecule has 0 saturated heterocycles. The maximum absolute atomic E-state index is 5.20. The number of rotatable bonds is 3. The van der Waals surface area contributed by atoms with Crippen LogP contribution in [0.15, 0.2) is 29.4 Å². The van der Waals surface area contributed by atoms with Crippen molar-refractivity contribution in [3.8, 4) is 0 Å². The van der Waals surface area contributed by atoms with Gasteiger partial charge < -0.3 is 16.9 Å². The van der Waals surface area contributed by atoms with Gasteiger partial charge in [-0.2, -0.15) is 0 Å². The van der Waals surface area contributed by atoms with E-state index in [1.54, 1.807) is 0 Å². The van der Waals surface area contributed by atoms with Crippen LogP contribution in [-0.4, -0.2) is 5.96 Å². The van der Waals surface area contributed by atoms with Crippen LogP contribution in [0.3, 0.4) is 0 Å². The Morgan fingerprint density at radius 1 is 1.19 bits per heavy atom. The minimum atomic E-state index is 0.0475. The maximum atomic E-state index is 5.20. The van der Waals surface area contributed by atoms with Crippen molar-refractivity contribution < 1.29 is 0 Å². The molecule has 0 bridgehead atoms. The van der Waals surface area contributed by atoms with Gasteiger partial charge in [0.25, 0.3) is 0 Å². The van der Waals surface area contributed by atoms with Crippen LogP contribution in [0.5, 0.6) is 0 Å². The summed E-state index contributed by atoms with van der Waals surface area (Å²) in [5.41, 5.74) is 15.9. The fourth-order valence-corrected chi connectivity index (χ4v) is 1.34. The second-order valence-corrected chi connectivity index (χ2v) is 4.82. The Bertz CT molecular complexity index is 356. The summed E-state index contributed by atoms with van der Waals surface area (Å²) in [6, 6.07) is 8.42. The average Bonchev–Trinajstić information content (AvgIpc) is 2.16. The lowest BCUT2D eigenvalue weighted by Gasteiger charge is -2.19. The molecule has 4 heteroatoms. The predicted octanol–water partition coefficient (Wildman–Crippen LogP) is 1.26. The van der Waals surface area contributed by atoms with Crippen molar-refractivity contribution >= 4 is 5.96 Å². The first-order valence-corrected chi connectivity index (χ1v) is 5.30. The lowest BCUT2D eigenvalue weighted by molar-refractivity contribution is 0.589. The summed E-state index contributed by atoms with van der Waals surface area (Å²) < 4.78 is 0. The Hall–Kier alpha value is -1.71. The average molecular weight is 220 g/mol. The van der Waals surface area contributed by atoms with E-state index < -0.39 is 0 Å². The number of guanidine groups is 1. The summed E-state index contributed by atoms with van der Waals surface area (Å²) >= 11 is 0. The molecule has 0 aliphatic rings. The van der Waals surface area contributed by atoms with E-state index in [1.807, 2.05) is 0 Å². The lowest BCUT2D eigenvalue weighted by Crippen LogP contribution is -2.26. The van der Waals surface area contributed by atoms with E-state index in [0.717, 1.165) is 5.56 Å². The Labute approximate surface area is 96.7 Å². The number of hydrazone groups is 1. The Morgan fingerprint density at radius 3 is 2.19 bits per heavy atom. The highest BCUT2D eigenvalue weighted by molar-refractivity contribution is 5.75. The molecule has 0 unspecified atom stereocenters. The third-order valence-corrected chi connectivity index (χ3v) is 2.31. The molecule has 0 spiro atoms. The van der Waals surface area contributed by atoms with E-state index in [4.69, 9.17) is 11.5 Å². The summed E-state index contributed by atoms with van der Waals surface area (Å²) in [6.07, 6.45) is 0. The normalized spacial score (nSPS) is 10.9. The summed E-state index contributed by atoms with van der Waals surface area (Å²) in [5.74, 6) is 0.0475. The summed E-state index contributed by atoms with van der Waals surface area (Å²) in [6.45, 7) is 7.21. The van der Waals surface area contributed by atoms with Crippen molar-refractivity contribution in [1.29, 1.82) is 0 Å². The molecule has 0 radical (unpaired) electrons. The van der Waals surface area contributed by atoms with Crippen LogP contribution in [-0.2, 0) is 12.0 Å². The summed E-state index contributed by atoms with van der Waals surface area (Å²) in [7, 11) is 0. The molecule has 1 aromatic carbocycles. The molecule has 0 amide bonds. The van der Waals surface area contributed by atoms with Crippen molar-refractivity contribution in [2.45, 2.75) is 32.7 Å². The number of hydrogen-bond acceptors (Lipinski definition) is 2. The molecule has 88 valence electrons. The highest BCUT2D eigenvalue weighted by atomic mass is 15.3. The monoisotopic (exact) mass is 220 g/mol. The van der Waals surface area contributed by atoms with Gasteiger partial charge in [-0.1, -0.05) is 45.0 Å². The molecule has 0 saturated carbocycles. The fraction of sp³-hybridized carbons (Fsp3) is 0.417. The number of nitrogens with two attached hydrogens (primary N) is 2. The first-order valence-electron chi connectivity index (χ1n) is 5.30. The van der Waals surface area contributed by atoms with Gasteiger partial charge >= 0.3 is 0 Å². The molecule has 0 aliphatic carbocycles. The van der Waals surface area contributed by atoms with Crippen molar-refractivity contribution in [3.05, 3.63) is 35.4 Å². The second-order valence-electron chi connectivity index (χ2n) is 4.82. The number of nitrogens with one attached hydrogen (secondary N) is 1. The third-order valence-electron chi connectivity index (χ3n) is 2.31. The zero-order valence-electron chi connectivity index (χ0n) is 10.1. The third kappa shape index (κ3) is 3.81. The smallest absolute Gasteiger partial charge is 0.208 e. The SMILES string of the molecule is CC(C)(C)c1ccc(CNN=C(N)N)cc1. The standard InChI is InChI=1S/C12H20N4/c1-12(2,3)10-6-4-9(5-7-10)8-15-16-11(13)14/h4-7,15H,8H2,1-3H3,(H4,13,14,16). The molecule has 4 nitrogen and oxygen atoms in total. The molecule has 16 heavy (non-hydrogen) atoms. The molecule has 0 atom stereocenters. The van der Waals surface area contributed by atoms with Gasteiger partial charge in [0.05, 0.1) is 6.54 Å². The highest BCUT2D eigenvalue weighted by Crippen LogP contribution is 2.21. The van der Waals surface area contributed by atoms with Crippen molar-refractivity contribution in [2.75, 3.05) is 0 Å². The van der Waals surface area contributed by atoms with Crippen LogP contribution in [0, 0.1) is 0 Å². The minimum Gasteiger partial charge on any atom is -0.369 e. The van der Waals surface area contributed by atoms with Crippen molar-refractivity contribution in [1.82, 2.24) is 5.43 Å². The van der Waals surface area contributed by atoms with E-state index in [0.29, 0.717) is 6.54 Å². The number of benzene rings is 1. The molecular formula is C12H20N4. The van der Waals surface area contributed by atoms with Crippen LogP contribution >= 0.6 is 0 Å². The Kier molecular flexibility index (Phi) is 3.77. The van der Waals surface area contributed by atoms with E-state index >= 15 is 0 Å². The molecule has 0 aliphatic heterocycles. The Balaban J connectivity index is 2.62. The fourth-order valence-electron chi connectivity index (χ4n) is 1.34. The van der Waals surface area contributed by atoms with Gasteiger partial charge in [0.15, 0.2) is 0 Å². The van der Waals surface area contributed by atoms with Crippen molar-refractivity contribution in [2.24, 2.45) is 16.6 Å². The number of nitrogens with zero attached hydrogens (tertiary/aromatic N) is 1. The van der Waals surface area contributed by atoms with E-state index in [9.17, 15) is 0 Å². The second kappa shape index (κ2) is 4.88. The van der Waals surface area contributed by atoms with Crippen LogP contribution in [0.1, 0.15) is 31.9 Å². The van der Waals surface area contributed by atoms with Crippen LogP contribution in [0.4, 0.5) is 0 Å². The maximum Gasteiger partial charge on any atom is 0.208 e. The lowest BCUT2D eigenvalue weighted by atomic mass is 9.87. The van der Waals surface area contributed by atoms with E-state index in [2.05, 4.69) is 55.6 Å². The number of hydrogen-bond donors (Lipinski definition) is 3. The molecule has 5 N–H and O–H groups in total. The van der Waals surface area contributed by atoms with Gasteiger partial charge in [0.2, 0.25) is 5.96 Å². The Morgan fingerprint density at radius 2 is 1.75 bits per heavy atom. The van der Waals surface area contributed by atoms with Gasteiger partial charge in [-0.25, -0.2) is 0 Å². The van der Waals surface area contributed by atoms with Gasteiger partial charge in [-0.15, -0.1) is 5.10 Å². The quantitative estimate of drug-likeness (QED) is 0.408.